The van der Waals surface area contributed by atoms with E-state index < -0.39 is 11.5 Å². The molecule has 1 fully saturated rings. The molecule has 0 radical (unpaired) electrons. The molecule has 1 unspecified atom stereocenters. The van der Waals surface area contributed by atoms with Crippen LogP contribution in [0.25, 0.3) is 10.9 Å². The molecule has 1 aromatic heterocycles. The fourth-order valence-electron chi connectivity index (χ4n) is 5.18. The van der Waals surface area contributed by atoms with E-state index in [1.165, 1.54) is 0 Å². The predicted octanol–water partition coefficient (Wildman–Crippen LogP) is 5.10. The molecule has 1 aliphatic rings. The monoisotopic (exact) mass is 468 g/mol. The van der Waals surface area contributed by atoms with E-state index >= 15 is 0 Å². The lowest BCUT2D eigenvalue weighted by atomic mass is 9.87. The molecular weight excluding hydrogens is 428 g/mol. The zero-order valence-corrected chi connectivity index (χ0v) is 21.0. The summed E-state index contributed by atoms with van der Waals surface area (Å²) in [5.74, 6) is 0.766. The number of aliphatic hydroxyl groups excluding tert-OH is 2. The molecule has 6 heteroatoms. The van der Waals surface area contributed by atoms with Crippen molar-refractivity contribution in [3.05, 3.63) is 59.8 Å². The van der Waals surface area contributed by atoms with Gasteiger partial charge in [0.25, 0.3) is 0 Å². The van der Waals surface area contributed by atoms with Gasteiger partial charge in [0.15, 0.2) is 0 Å². The Labute approximate surface area is 204 Å². The van der Waals surface area contributed by atoms with E-state index in [0.717, 1.165) is 40.0 Å². The molecule has 0 aliphatic heterocycles. The summed E-state index contributed by atoms with van der Waals surface area (Å²) in [7, 11) is 1.64. The van der Waals surface area contributed by atoms with Gasteiger partial charge in [-0.2, -0.15) is 0 Å². The Morgan fingerprint density at radius 3 is 2.35 bits per heavy atom. The quantitative estimate of drug-likeness (QED) is 0.450. The number of anilines is 1. The van der Waals surface area contributed by atoms with Gasteiger partial charge in [0.1, 0.15) is 5.75 Å². The van der Waals surface area contributed by atoms with Gasteiger partial charge < -0.3 is 24.8 Å². The van der Waals surface area contributed by atoms with Crippen LogP contribution in [0.2, 0.25) is 0 Å². The molecule has 0 spiro atoms. The van der Waals surface area contributed by atoms with Gasteiger partial charge in [0.2, 0.25) is 5.91 Å². The third-order valence-electron chi connectivity index (χ3n) is 7.24. The highest BCUT2D eigenvalue weighted by Crippen LogP contribution is 2.64. The number of hydrogen-bond donors (Lipinski definition) is 3. The van der Waals surface area contributed by atoms with Crippen LogP contribution in [0.1, 0.15) is 55.2 Å². The number of carbonyl (C=O) groups excluding carboxylic acids is 1. The lowest BCUT2D eigenvalue weighted by Crippen LogP contribution is -2.32. The Bertz CT molecular complexity index is 1210. The highest BCUT2D eigenvalue weighted by Gasteiger charge is 2.67. The highest BCUT2D eigenvalue weighted by atomic mass is 16.5. The van der Waals surface area contributed by atoms with Crippen molar-refractivity contribution >= 4 is 22.5 Å². The van der Waals surface area contributed by atoms with Gasteiger partial charge in [-0.05, 0) is 53.8 Å². The summed E-state index contributed by atoms with van der Waals surface area (Å²) in [5, 5.41) is 23.6. The first kappa shape index (κ1) is 24.3. The van der Waals surface area contributed by atoms with E-state index in [-0.39, 0.29) is 26.2 Å². The number of hydrogen-bond acceptors (Lipinski definition) is 4. The Hall–Kier alpha value is -2.83. The van der Waals surface area contributed by atoms with Gasteiger partial charge in [-0.15, -0.1) is 0 Å². The van der Waals surface area contributed by atoms with Crippen LogP contribution < -0.4 is 10.1 Å². The van der Waals surface area contributed by atoms with Crippen LogP contribution in [0, 0.1) is 5.41 Å². The summed E-state index contributed by atoms with van der Waals surface area (Å²) in [6.45, 7) is 10.6. The number of amides is 1. The van der Waals surface area contributed by atoms with Crippen LogP contribution in [0.4, 0.5) is 5.69 Å². The molecule has 186 valence electrons. The third kappa shape index (κ3) is 4.10. The molecule has 0 bridgehead atoms. The Balaban J connectivity index is 0.00000228. The van der Waals surface area contributed by atoms with E-state index in [1.54, 1.807) is 7.11 Å². The predicted molar refractivity (Wildman–Crippen MR) is 140 cm³/mol. The van der Waals surface area contributed by atoms with Crippen LogP contribution in [-0.4, -0.2) is 40.5 Å². The summed E-state index contributed by atoms with van der Waals surface area (Å²) in [6.07, 6.45) is -0.0539. The standard InChI is InChI=1S/C28H36N2O4.2H2/c1-26(2,3)24-14-18-13-20(9-12-23(18)30(24)15-21(32)16-31)29-25(33)28(17-27(28,4)5)19-7-10-22(34-6)11-8-19;;/h7-14,21,31-32H,15-17H2,1-6H3,(H,29,33);2*1H/t21-,28?;;/m1../s1. The molecule has 6 nitrogen and oxygen atoms in total. The maximum Gasteiger partial charge on any atom is 0.235 e. The average molecular weight is 469 g/mol. The first-order valence-corrected chi connectivity index (χ1v) is 11.8. The van der Waals surface area contributed by atoms with Gasteiger partial charge in [-0.25, -0.2) is 0 Å². The number of methoxy groups -OCH3 is 1. The number of nitrogens with one attached hydrogen (secondary N) is 1. The average Bonchev–Trinajstić information content (AvgIpc) is 3.20. The molecule has 2 atom stereocenters. The molecule has 3 aromatic rings. The van der Waals surface area contributed by atoms with Crippen molar-refractivity contribution in [2.24, 2.45) is 5.41 Å². The van der Waals surface area contributed by atoms with Crippen molar-refractivity contribution in [3.8, 4) is 5.75 Å². The molecule has 34 heavy (non-hydrogen) atoms. The summed E-state index contributed by atoms with van der Waals surface area (Å²) in [5.41, 5.74) is 2.91. The van der Waals surface area contributed by atoms with Crippen LogP contribution in [0.5, 0.6) is 5.75 Å². The van der Waals surface area contributed by atoms with E-state index in [0.29, 0.717) is 6.54 Å². The normalized spacial score (nSPS) is 20.2. The van der Waals surface area contributed by atoms with Crippen molar-refractivity contribution in [2.75, 3.05) is 19.0 Å². The van der Waals surface area contributed by atoms with Crippen LogP contribution in [-0.2, 0) is 22.2 Å². The van der Waals surface area contributed by atoms with E-state index in [2.05, 4.69) is 50.6 Å². The van der Waals surface area contributed by atoms with Gasteiger partial charge in [0, 0.05) is 30.6 Å². The van der Waals surface area contributed by atoms with E-state index in [9.17, 15) is 15.0 Å². The molecule has 1 saturated carbocycles. The second-order valence-corrected chi connectivity index (χ2v) is 11.1. The summed E-state index contributed by atoms with van der Waals surface area (Å²) >= 11 is 0. The first-order valence-electron chi connectivity index (χ1n) is 11.8. The molecule has 1 amide bonds. The smallest absolute Gasteiger partial charge is 0.235 e. The number of benzene rings is 2. The van der Waals surface area contributed by atoms with Gasteiger partial charge in [-0.1, -0.05) is 46.8 Å². The Morgan fingerprint density at radius 2 is 1.82 bits per heavy atom. The number of nitrogens with zero attached hydrogens (tertiary/aromatic N) is 1. The first-order chi connectivity index (χ1) is 15.9. The second-order valence-electron chi connectivity index (χ2n) is 11.1. The summed E-state index contributed by atoms with van der Waals surface area (Å²) < 4.78 is 7.35. The zero-order valence-electron chi connectivity index (χ0n) is 21.0. The fourth-order valence-corrected chi connectivity index (χ4v) is 5.18. The number of aromatic nitrogens is 1. The Morgan fingerprint density at radius 1 is 1.18 bits per heavy atom. The highest BCUT2D eigenvalue weighted by molar-refractivity contribution is 6.03. The van der Waals surface area contributed by atoms with Crippen LogP contribution in [0.3, 0.4) is 0 Å². The van der Waals surface area contributed by atoms with Gasteiger partial charge in [0.05, 0.1) is 31.8 Å². The van der Waals surface area contributed by atoms with Crippen molar-refractivity contribution in [1.82, 2.24) is 4.57 Å². The number of aliphatic hydroxyl groups is 2. The number of rotatable bonds is 7. The lowest BCUT2D eigenvalue weighted by molar-refractivity contribution is -0.119. The minimum atomic E-state index is -0.836. The van der Waals surface area contributed by atoms with Crippen LogP contribution >= 0.6 is 0 Å². The van der Waals surface area contributed by atoms with Crippen molar-refractivity contribution in [1.29, 1.82) is 0 Å². The summed E-state index contributed by atoms with van der Waals surface area (Å²) in [6, 6.07) is 15.8. The van der Waals surface area contributed by atoms with Gasteiger partial charge >= 0.3 is 0 Å². The minimum Gasteiger partial charge on any atom is -0.497 e. The van der Waals surface area contributed by atoms with Crippen molar-refractivity contribution in [3.63, 3.8) is 0 Å². The molecular formula is C28H40N2O4. The number of carbonyl (C=O) groups is 1. The SMILES string of the molecule is COc1ccc(C2(C(=O)Nc3ccc4c(c3)cc(C(C)(C)C)n4C[C@@H](O)CO)CC2(C)C)cc1.[HH].[HH]. The maximum absolute atomic E-state index is 13.6. The van der Waals surface area contributed by atoms with Crippen molar-refractivity contribution in [2.45, 2.75) is 64.5 Å². The number of ether oxygens (including phenoxy) is 1. The van der Waals surface area contributed by atoms with E-state index in [1.807, 2.05) is 42.5 Å². The second kappa shape index (κ2) is 8.43. The number of fused-ring (bicyclic) bond motifs is 1. The molecule has 2 aromatic carbocycles. The molecule has 4 rings (SSSR count). The van der Waals surface area contributed by atoms with Gasteiger partial charge in [-0.3, -0.25) is 4.79 Å². The van der Waals surface area contributed by atoms with Crippen molar-refractivity contribution < 1.29 is 22.6 Å². The molecule has 0 saturated heterocycles. The lowest BCUT2D eigenvalue weighted by Gasteiger charge is -2.23. The minimum absolute atomic E-state index is 0. The fraction of sp³-hybridized carbons (Fsp3) is 0.464. The molecule has 3 N–H and O–H groups in total. The molecule has 1 aliphatic carbocycles. The third-order valence-corrected chi connectivity index (χ3v) is 7.24. The molecule has 1 heterocycles. The largest absolute Gasteiger partial charge is 0.497 e. The maximum atomic E-state index is 13.6. The van der Waals surface area contributed by atoms with Crippen LogP contribution in [0.15, 0.2) is 48.5 Å². The zero-order chi connectivity index (χ0) is 24.9. The van der Waals surface area contributed by atoms with E-state index in [4.69, 9.17) is 4.74 Å². The summed E-state index contributed by atoms with van der Waals surface area (Å²) in [4.78, 5) is 13.6. The Kier molecular flexibility index (Phi) is 6.03. The topological polar surface area (TPSA) is 83.7 Å².